The lowest BCUT2D eigenvalue weighted by Gasteiger charge is -2.13. The molecule has 0 unspecified atom stereocenters. The van der Waals surface area contributed by atoms with Crippen molar-refractivity contribution in [3.05, 3.63) is 52.3 Å². The van der Waals surface area contributed by atoms with Gasteiger partial charge in [0.1, 0.15) is 0 Å². The fourth-order valence-electron chi connectivity index (χ4n) is 1.63. The van der Waals surface area contributed by atoms with E-state index in [-0.39, 0.29) is 10.9 Å². The summed E-state index contributed by atoms with van der Waals surface area (Å²) in [7, 11) is 1.40. The second kappa shape index (κ2) is 6.93. The second-order valence-corrected chi connectivity index (χ2v) is 5.22. The first-order valence-corrected chi connectivity index (χ1v) is 7.03. The maximum Gasteiger partial charge on any atom is 0.175 e. The molecule has 0 saturated heterocycles. The van der Waals surface area contributed by atoms with Gasteiger partial charge in [0.2, 0.25) is 0 Å². The topological polar surface area (TPSA) is 33.3 Å². The third-order valence-corrected chi connectivity index (χ3v) is 3.63. The molecule has 0 heterocycles. The molecule has 0 bridgehead atoms. The van der Waals surface area contributed by atoms with Gasteiger partial charge >= 0.3 is 0 Å². The number of benzene rings is 2. The summed E-state index contributed by atoms with van der Waals surface area (Å²) in [6, 6.07) is 9.59. The van der Waals surface area contributed by atoms with Crippen molar-refractivity contribution in [3.63, 3.8) is 0 Å². The first kappa shape index (κ1) is 15.8. The smallest absolute Gasteiger partial charge is 0.175 e. The quantitative estimate of drug-likeness (QED) is 0.771. The fraction of sp³-hybridized carbons (Fsp3) is 0.0714. The Bertz CT molecular complexity index is 682. The molecule has 0 aliphatic rings. The molecule has 3 nitrogen and oxygen atoms in total. The molecule has 110 valence electrons. The zero-order valence-corrected chi connectivity index (χ0v) is 13.2. The molecular formula is C14H11Cl2FN2OS. The molecule has 2 aromatic rings. The van der Waals surface area contributed by atoms with Crippen LogP contribution in [0, 0.1) is 5.82 Å². The van der Waals surface area contributed by atoms with Crippen molar-refractivity contribution in [3.8, 4) is 5.75 Å². The van der Waals surface area contributed by atoms with E-state index in [0.717, 1.165) is 0 Å². The number of hydrogen-bond acceptors (Lipinski definition) is 2. The third kappa shape index (κ3) is 3.97. The molecule has 21 heavy (non-hydrogen) atoms. The van der Waals surface area contributed by atoms with E-state index in [9.17, 15) is 4.39 Å². The van der Waals surface area contributed by atoms with Crippen LogP contribution in [0.2, 0.25) is 10.0 Å². The first-order valence-electron chi connectivity index (χ1n) is 5.87. The van der Waals surface area contributed by atoms with Gasteiger partial charge in [-0.25, -0.2) is 4.39 Å². The molecule has 0 atom stereocenters. The fourth-order valence-corrected chi connectivity index (χ4v) is 2.20. The van der Waals surface area contributed by atoms with Gasteiger partial charge < -0.3 is 15.4 Å². The summed E-state index contributed by atoms with van der Waals surface area (Å²) in [5, 5.41) is 6.80. The molecule has 0 radical (unpaired) electrons. The van der Waals surface area contributed by atoms with Crippen molar-refractivity contribution in [1.82, 2.24) is 0 Å². The van der Waals surface area contributed by atoms with Crippen molar-refractivity contribution >= 4 is 51.9 Å². The molecule has 0 spiro atoms. The summed E-state index contributed by atoms with van der Waals surface area (Å²) in [4.78, 5) is 0. The largest absolute Gasteiger partial charge is 0.494 e. The van der Waals surface area contributed by atoms with E-state index in [0.29, 0.717) is 21.4 Å². The third-order valence-electron chi connectivity index (χ3n) is 2.61. The standard InChI is InChI=1S/C14H11Cl2FN2OS/c1-20-12-6-5-8(7-10(12)17)18-14(21)19-11-4-2-3-9(15)13(11)16/h2-7H,1H3,(H2,18,19,21). The number of thiocarbonyl (C=S) groups is 1. The van der Waals surface area contributed by atoms with E-state index in [1.807, 2.05) is 0 Å². The summed E-state index contributed by atoms with van der Waals surface area (Å²) >= 11 is 17.1. The lowest BCUT2D eigenvalue weighted by molar-refractivity contribution is 0.387. The van der Waals surface area contributed by atoms with Gasteiger partial charge in [0.25, 0.3) is 0 Å². The van der Waals surface area contributed by atoms with Crippen LogP contribution in [0.1, 0.15) is 0 Å². The number of nitrogens with one attached hydrogen (secondary N) is 2. The molecule has 0 saturated carbocycles. The minimum absolute atomic E-state index is 0.164. The number of methoxy groups -OCH3 is 1. The number of hydrogen-bond donors (Lipinski definition) is 2. The van der Waals surface area contributed by atoms with Crippen molar-refractivity contribution in [2.24, 2.45) is 0 Å². The Labute approximate surface area is 137 Å². The Hall–Kier alpha value is -1.56. The van der Waals surface area contributed by atoms with Crippen molar-refractivity contribution < 1.29 is 9.13 Å². The molecule has 2 rings (SSSR count). The molecule has 2 N–H and O–H groups in total. The van der Waals surface area contributed by atoms with E-state index >= 15 is 0 Å². The monoisotopic (exact) mass is 344 g/mol. The normalized spacial score (nSPS) is 10.1. The highest BCUT2D eigenvalue weighted by Gasteiger charge is 2.08. The Morgan fingerprint density at radius 2 is 1.95 bits per heavy atom. The zero-order chi connectivity index (χ0) is 15.4. The predicted octanol–water partition coefficient (Wildman–Crippen LogP) is 4.95. The summed E-state index contributed by atoms with van der Waals surface area (Å²) in [5.41, 5.74) is 1.06. The Kier molecular flexibility index (Phi) is 5.22. The van der Waals surface area contributed by atoms with Crippen LogP contribution < -0.4 is 15.4 Å². The van der Waals surface area contributed by atoms with E-state index < -0.39 is 5.82 Å². The van der Waals surface area contributed by atoms with Crippen LogP contribution in [0.4, 0.5) is 15.8 Å². The van der Waals surface area contributed by atoms with Crippen molar-refractivity contribution in [2.75, 3.05) is 17.7 Å². The average Bonchev–Trinajstić information content (AvgIpc) is 2.44. The molecule has 0 fully saturated rings. The lowest BCUT2D eigenvalue weighted by Crippen LogP contribution is -2.19. The van der Waals surface area contributed by atoms with Gasteiger partial charge in [-0.15, -0.1) is 0 Å². The van der Waals surface area contributed by atoms with Crippen LogP contribution in [0.25, 0.3) is 0 Å². The summed E-state index contributed by atoms with van der Waals surface area (Å²) in [6.45, 7) is 0. The minimum atomic E-state index is -0.480. The summed E-state index contributed by atoms with van der Waals surface area (Å²) in [6.07, 6.45) is 0. The van der Waals surface area contributed by atoms with Crippen LogP contribution >= 0.6 is 35.4 Å². The van der Waals surface area contributed by atoms with Gasteiger partial charge in [-0.1, -0.05) is 29.3 Å². The number of halogens is 3. The van der Waals surface area contributed by atoms with Gasteiger partial charge in [-0.3, -0.25) is 0 Å². The van der Waals surface area contributed by atoms with Gasteiger partial charge in [-0.2, -0.15) is 0 Å². The summed E-state index contributed by atoms with van der Waals surface area (Å²) < 4.78 is 18.4. The van der Waals surface area contributed by atoms with Gasteiger partial charge in [0.05, 0.1) is 22.8 Å². The molecule has 0 aromatic heterocycles. The number of ether oxygens (including phenoxy) is 1. The molecule has 2 aromatic carbocycles. The highest BCUT2D eigenvalue weighted by atomic mass is 35.5. The lowest BCUT2D eigenvalue weighted by atomic mass is 10.3. The Morgan fingerprint density at radius 3 is 2.62 bits per heavy atom. The molecule has 7 heteroatoms. The van der Waals surface area contributed by atoms with E-state index in [2.05, 4.69) is 10.6 Å². The van der Waals surface area contributed by atoms with E-state index in [1.54, 1.807) is 24.3 Å². The van der Waals surface area contributed by atoms with Crippen LogP contribution in [0.3, 0.4) is 0 Å². The van der Waals surface area contributed by atoms with Gasteiger partial charge in [-0.05, 0) is 36.5 Å². The number of anilines is 2. The zero-order valence-electron chi connectivity index (χ0n) is 10.9. The van der Waals surface area contributed by atoms with Crippen LogP contribution in [0.15, 0.2) is 36.4 Å². The highest BCUT2D eigenvalue weighted by Crippen LogP contribution is 2.29. The molecular weight excluding hydrogens is 334 g/mol. The Morgan fingerprint density at radius 1 is 1.19 bits per heavy atom. The maximum absolute atomic E-state index is 13.6. The summed E-state index contributed by atoms with van der Waals surface area (Å²) in [5.74, 6) is -0.316. The molecule has 0 amide bonds. The number of rotatable bonds is 3. The maximum atomic E-state index is 13.6. The Balaban J connectivity index is 2.08. The predicted molar refractivity (Wildman–Crippen MR) is 89.3 cm³/mol. The van der Waals surface area contributed by atoms with E-state index in [1.165, 1.54) is 19.2 Å². The van der Waals surface area contributed by atoms with Crippen LogP contribution in [-0.4, -0.2) is 12.2 Å². The molecule has 0 aliphatic heterocycles. The van der Waals surface area contributed by atoms with Crippen LogP contribution in [0.5, 0.6) is 5.75 Å². The van der Waals surface area contributed by atoms with Crippen molar-refractivity contribution in [1.29, 1.82) is 0 Å². The molecule has 0 aliphatic carbocycles. The van der Waals surface area contributed by atoms with Gasteiger partial charge in [0.15, 0.2) is 16.7 Å². The first-order chi connectivity index (χ1) is 10.0. The second-order valence-electron chi connectivity index (χ2n) is 4.03. The van der Waals surface area contributed by atoms with E-state index in [4.69, 9.17) is 40.2 Å². The van der Waals surface area contributed by atoms with Crippen molar-refractivity contribution in [2.45, 2.75) is 0 Å². The highest BCUT2D eigenvalue weighted by molar-refractivity contribution is 7.80. The minimum Gasteiger partial charge on any atom is -0.494 e. The van der Waals surface area contributed by atoms with Gasteiger partial charge in [0, 0.05) is 11.8 Å². The SMILES string of the molecule is COc1ccc(NC(=S)Nc2cccc(Cl)c2Cl)cc1F. The average molecular weight is 345 g/mol. The van der Waals surface area contributed by atoms with Crippen LogP contribution in [-0.2, 0) is 0 Å².